The van der Waals surface area contributed by atoms with Crippen LogP contribution in [-0.4, -0.2) is 42.4 Å². The third kappa shape index (κ3) is 3.83. The van der Waals surface area contributed by atoms with E-state index in [1.54, 1.807) is 25.3 Å². The predicted octanol–water partition coefficient (Wildman–Crippen LogP) is 3.54. The summed E-state index contributed by atoms with van der Waals surface area (Å²) in [5.41, 5.74) is 0.841. The topological polar surface area (TPSA) is 56.3 Å². The van der Waals surface area contributed by atoms with Crippen LogP contribution in [-0.2, 0) is 9.47 Å². The zero-order valence-corrected chi connectivity index (χ0v) is 14.1. The first kappa shape index (κ1) is 17.1. The first-order valence-corrected chi connectivity index (χ1v) is 8.15. The molecule has 0 unspecified atom stereocenters. The molecule has 1 aliphatic heterocycles. The van der Waals surface area contributed by atoms with Gasteiger partial charge in [-0.1, -0.05) is 11.6 Å². The number of pyridine rings is 2. The van der Waals surface area contributed by atoms with Crippen LogP contribution < -0.4 is 5.32 Å². The Morgan fingerprint density at radius 2 is 2.12 bits per heavy atom. The van der Waals surface area contributed by atoms with Crippen molar-refractivity contribution in [3.63, 3.8) is 0 Å². The summed E-state index contributed by atoms with van der Waals surface area (Å²) in [6, 6.07) is 6.53. The number of methoxy groups -OCH3 is 1. The van der Waals surface area contributed by atoms with E-state index in [0.29, 0.717) is 41.9 Å². The molecule has 0 bridgehead atoms. The summed E-state index contributed by atoms with van der Waals surface area (Å²) in [5, 5.41) is 3.76. The van der Waals surface area contributed by atoms with Crippen molar-refractivity contribution in [3.8, 4) is 11.3 Å². The molecule has 2 aromatic rings. The number of hydrogen-bond donors (Lipinski definition) is 1. The average Bonchev–Trinajstić information content (AvgIpc) is 2.62. The van der Waals surface area contributed by atoms with Crippen molar-refractivity contribution in [1.29, 1.82) is 0 Å². The lowest BCUT2D eigenvalue weighted by Crippen LogP contribution is -2.44. The molecule has 3 heterocycles. The van der Waals surface area contributed by atoms with E-state index in [1.807, 2.05) is 0 Å². The first-order valence-electron chi connectivity index (χ1n) is 7.77. The van der Waals surface area contributed by atoms with Crippen LogP contribution in [0.5, 0.6) is 0 Å². The van der Waals surface area contributed by atoms with Gasteiger partial charge in [0, 0.05) is 57.5 Å². The molecular weight excluding hydrogens is 333 g/mol. The molecule has 24 heavy (non-hydrogen) atoms. The number of rotatable bonds is 5. The number of hydrogen-bond acceptors (Lipinski definition) is 5. The van der Waals surface area contributed by atoms with Gasteiger partial charge in [-0.25, -0.2) is 9.97 Å². The predicted molar refractivity (Wildman–Crippen MR) is 90.7 cm³/mol. The van der Waals surface area contributed by atoms with Crippen molar-refractivity contribution in [3.05, 3.63) is 41.4 Å². The fourth-order valence-electron chi connectivity index (χ4n) is 2.74. The van der Waals surface area contributed by atoms with Crippen molar-refractivity contribution < 1.29 is 13.9 Å². The Balaban J connectivity index is 1.78. The van der Waals surface area contributed by atoms with Gasteiger partial charge in [0.2, 0.25) is 5.95 Å². The van der Waals surface area contributed by atoms with Crippen molar-refractivity contribution in [1.82, 2.24) is 9.97 Å². The lowest BCUT2D eigenvalue weighted by atomic mass is 9.94. The molecule has 3 rings (SSSR count). The van der Waals surface area contributed by atoms with Gasteiger partial charge in [0.15, 0.2) is 0 Å². The summed E-state index contributed by atoms with van der Waals surface area (Å²) < 4.78 is 24.4. The summed E-state index contributed by atoms with van der Waals surface area (Å²) in [6.07, 6.45) is 3.05. The van der Waals surface area contributed by atoms with E-state index in [2.05, 4.69) is 15.3 Å². The third-order valence-corrected chi connectivity index (χ3v) is 4.58. The highest BCUT2D eigenvalue weighted by Crippen LogP contribution is 2.29. The number of anilines is 1. The standard InChI is InChI=1S/C17H19ClFN3O2/c1-23-17(5-8-24-9-6-17)11-21-15-3-2-13(18)16(22-15)12-4-7-20-14(19)10-12/h2-4,7,10H,5-6,8-9,11H2,1H3,(H,21,22). The summed E-state index contributed by atoms with van der Waals surface area (Å²) in [6.45, 7) is 1.99. The largest absolute Gasteiger partial charge is 0.381 e. The molecule has 0 aromatic carbocycles. The second-order valence-corrected chi connectivity index (χ2v) is 6.15. The van der Waals surface area contributed by atoms with Gasteiger partial charge in [0.25, 0.3) is 0 Å². The van der Waals surface area contributed by atoms with Gasteiger partial charge in [0.1, 0.15) is 5.82 Å². The van der Waals surface area contributed by atoms with Crippen LogP contribution in [0.15, 0.2) is 30.5 Å². The van der Waals surface area contributed by atoms with Crippen LogP contribution >= 0.6 is 11.6 Å². The van der Waals surface area contributed by atoms with Gasteiger partial charge in [-0.15, -0.1) is 0 Å². The molecule has 0 radical (unpaired) electrons. The Hall–Kier alpha value is -1.76. The van der Waals surface area contributed by atoms with E-state index < -0.39 is 5.95 Å². The van der Waals surface area contributed by atoms with Gasteiger partial charge in [0.05, 0.1) is 16.3 Å². The number of aromatic nitrogens is 2. The SMILES string of the molecule is COC1(CNc2ccc(Cl)c(-c3ccnc(F)c3)n2)CCOCC1. The van der Waals surface area contributed by atoms with Crippen LogP contribution in [0.2, 0.25) is 5.02 Å². The number of nitrogens with one attached hydrogen (secondary N) is 1. The first-order chi connectivity index (χ1) is 11.6. The minimum absolute atomic E-state index is 0.261. The second kappa shape index (κ2) is 7.42. The molecule has 2 aromatic heterocycles. The maximum atomic E-state index is 13.3. The van der Waals surface area contributed by atoms with Crippen LogP contribution in [0.3, 0.4) is 0 Å². The molecule has 1 aliphatic rings. The van der Waals surface area contributed by atoms with E-state index in [0.717, 1.165) is 12.8 Å². The van der Waals surface area contributed by atoms with Gasteiger partial charge in [-0.05, 0) is 18.2 Å². The number of ether oxygens (including phenoxy) is 2. The molecule has 0 amide bonds. The van der Waals surface area contributed by atoms with E-state index in [1.165, 1.54) is 12.3 Å². The Morgan fingerprint density at radius 1 is 1.33 bits per heavy atom. The highest BCUT2D eigenvalue weighted by atomic mass is 35.5. The van der Waals surface area contributed by atoms with E-state index >= 15 is 0 Å². The highest BCUT2D eigenvalue weighted by Gasteiger charge is 2.32. The minimum Gasteiger partial charge on any atom is -0.381 e. The molecule has 0 atom stereocenters. The quantitative estimate of drug-likeness (QED) is 0.835. The number of nitrogens with zero attached hydrogens (tertiary/aromatic N) is 2. The van der Waals surface area contributed by atoms with Crippen LogP contribution in [0.4, 0.5) is 10.2 Å². The second-order valence-electron chi connectivity index (χ2n) is 5.75. The maximum Gasteiger partial charge on any atom is 0.213 e. The highest BCUT2D eigenvalue weighted by molar-refractivity contribution is 6.33. The fourth-order valence-corrected chi connectivity index (χ4v) is 2.96. The summed E-state index contributed by atoms with van der Waals surface area (Å²) in [5.74, 6) is 0.0961. The van der Waals surface area contributed by atoms with Gasteiger partial charge < -0.3 is 14.8 Å². The van der Waals surface area contributed by atoms with Crippen molar-refractivity contribution in [2.45, 2.75) is 18.4 Å². The Bertz CT molecular complexity index is 708. The van der Waals surface area contributed by atoms with Crippen molar-refractivity contribution in [2.24, 2.45) is 0 Å². The molecule has 7 heteroatoms. The Kier molecular flexibility index (Phi) is 5.28. The number of halogens is 2. The fraction of sp³-hybridized carbons (Fsp3) is 0.412. The van der Waals surface area contributed by atoms with Gasteiger partial charge in [-0.2, -0.15) is 4.39 Å². The summed E-state index contributed by atoms with van der Waals surface area (Å²) in [4.78, 5) is 8.06. The monoisotopic (exact) mass is 351 g/mol. The van der Waals surface area contributed by atoms with E-state index in [-0.39, 0.29) is 5.60 Å². The molecule has 1 saturated heterocycles. The van der Waals surface area contributed by atoms with Crippen LogP contribution in [0.25, 0.3) is 11.3 Å². The summed E-state index contributed by atoms with van der Waals surface area (Å²) in [7, 11) is 1.72. The molecule has 1 N–H and O–H groups in total. The van der Waals surface area contributed by atoms with Crippen LogP contribution in [0.1, 0.15) is 12.8 Å². The van der Waals surface area contributed by atoms with Crippen molar-refractivity contribution >= 4 is 17.4 Å². The molecule has 0 spiro atoms. The van der Waals surface area contributed by atoms with Gasteiger partial charge >= 0.3 is 0 Å². The maximum absolute atomic E-state index is 13.3. The Labute approximate surface area is 145 Å². The molecular formula is C17H19ClFN3O2. The zero-order chi connectivity index (χ0) is 17.0. The Morgan fingerprint density at radius 3 is 2.83 bits per heavy atom. The van der Waals surface area contributed by atoms with Crippen molar-refractivity contribution in [2.75, 3.05) is 32.2 Å². The molecule has 128 valence electrons. The molecule has 0 saturated carbocycles. The van der Waals surface area contributed by atoms with E-state index in [9.17, 15) is 4.39 Å². The van der Waals surface area contributed by atoms with Gasteiger partial charge in [-0.3, -0.25) is 0 Å². The minimum atomic E-state index is -0.565. The zero-order valence-electron chi connectivity index (χ0n) is 13.4. The lowest BCUT2D eigenvalue weighted by Gasteiger charge is -2.36. The molecule has 0 aliphatic carbocycles. The lowest BCUT2D eigenvalue weighted by molar-refractivity contribution is -0.0807. The molecule has 5 nitrogen and oxygen atoms in total. The summed E-state index contributed by atoms with van der Waals surface area (Å²) >= 11 is 6.21. The van der Waals surface area contributed by atoms with E-state index in [4.69, 9.17) is 21.1 Å². The molecule has 1 fully saturated rings. The smallest absolute Gasteiger partial charge is 0.213 e. The third-order valence-electron chi connectivity index (χ3n) is 4.27. The average molecular weight is 352 g/mol. The van der Waals surface area contributed by atoms with Crippen LogP contribution in [0, 0.1) is 5.95 Å². The normalized spacial score (nSPS) is 16.8.